The van der Waals surface area contributed by atoms with E-state index in [1.54, 1.807) is 12.1 Å². The lowest BCUT2D eigenvalue weighted by Gasteiger charge is -2.35. The Morgan fingerprint density at radius 3 is 3.02 bits per heavy atom. The zero-order valence-corrected chi connectivity index (χ0v) is 23.6. The van der Waals surface area contributed by atoms with Gasteiger partial charge in [-0.25, -0.2) is 4.39 Å². The third kappa shape index (κ3) is 4.52. The molecule has 7 rings (SSSR count). The number of aromatic hydroxyl groups is 1. The van der Waals surface area contributed by atoms with Gasteiger partial charge in [0.15, 0.2) is 0 Å². The van der Waals surface area contributed by atoms with Gasteiger partial charge in [0.2, 0.25) is 0 Å². The van der Waals surface area contributed by atoms with Crippen LogP contribution in [0, 0.1) is 0 Å². The molecular weight excluding hydrogens is 531 g/mol. The minimum absolute atomic E-state index is 0.208. The highest BCUT2D eigenvalue weighted by Gasteiger charge is 2.49. The molecule has 40 heavy (non-hydrogen) atoms. The van der Waals surface area contributed by atoms with Crippen LogP contribution in [-0.4, -0.2) is 84.1 Å². The van der Waals surface area contributed by atoms with Gasteiger partial charge in [-0.2, -0.15) is 9.97 Å². The van der Waals surface area contributed by atoms with Crippen molar-refractivity contribution in [3.05, 3.63) is 46.6 Å². The van der Waals surface area contributed by atoms with E-state index in [1.165, 1.54) is 0 Å². The summed E-state index contributed by atoms with van der Waals surface area (Å²) < 4.78 is 20.7. The van der Waals surface area contributed by atoms with Crippen molar-refractivity contribution in [2.24, 2.45) is 0 Å². The number of anilines is 2. The number of alkyl halides is 1. The van der Waals surface area contributed by atoms with Crippen LogP contribution in [0.5, 0.6) is 11.8 Å². The maximum absolute atomic E-state index is 14.4. The van der Waals surface area contributed by atoms with Gasteiger partial charge in [-0.1, -0.05) is 23.7 Å². The number of phenols is 1. The fourth-order valence-electron chi connectivity index (χ4n) is 7.33. The predicted molar refractivity (Wildman–Crippen MR) is 156 cm³/mol. The molecule has 3 aromatic rings. The van der Waals surface area contributed by atoms with Gasteiger partial charge in [-0.05, 0) is 56.3 Å². The third-order valence-electron chi connectivity index (χ3n) is 9.40. The number of halogens is 2. The zero-order chi connectivity index (χ0) is 27.4. The van der Waals surface area contributed by atoms with Gasteiger partial charge in [0.25, 0.3) is 0 Å². The molecule has 2 aromatic carbocycles. The first-order valence-electron chi connectivity index (χ1n) is 14.4. The Bertz CT molecular complexity index is 1440. The maximum atomic E-state index is 14.4. The lowest BCUT2D eigenvalue weighted by molar-refractivity contribution is 0.107. The van der Waals surface area contributed by atoms with Crippen molar-refractivity contribution in [1.29, 1.82) is 0 Å². The van der Waals surface area contributed by atoms with Crippen molar-refractivity contribution < 1.29 is 14.2 Å². The number of benzene rings is 2. The van der Waals surface area contributed by atoms with Crippen LogP contribution in [0.25, 0.3) is 10.8 Å². The first-order chi connectivity index (χ1) is 19.4. The Kier molecular flexibility index (Phi) is 6.64. The van der Waals surface area contributed by atoms with Crippen molar-refractivity contribution in [3.63, 3.8) is 0 Å². The van der Waals surface area contributed by atoms with Gasteiger partial charge < -0.3 is 25.0 Å². The van der Waals surface area contributed by atoms with Crippen molar-refractivity contribution in [1.82, 2.24) is 20.2 Å². The molecule has 1 aromatic heterocycles. The number of aromatic nitrogens is 2. The third-order valence-corrected chi connectivity index (χ3v) is 9.72. The standard InChI is InChI=1S/C30H36ClFN6O2/c1-36(21-6-9-33-15-21)28-23-7-11-37(26-13-22(39)12-19-4-2-5-24(31)27(19)26)17-25(23)34-29(35-28)40-18-30-8-3-10-38(30)16-20(32)14-30/h2,4-5,12-13,20-21,33,39H,3,6-11,14-18H2,1H3/t20-,21-,30+/m1/s1. The summed E-state index contributed by atoms with van der Waals surface area (Å²) in [6.45, 7) is 5.02. The van der Waals surface area contributed by atoms with Gasteiger partial charge in [0.05, 0.1) is 28.5 Å². The molecule has 3 saturated heterocycles. The molecule has 3 atom stereocenters. The van der Waals surface area contributed by atoms with Gasteiger partial charge >= 0.3 is 6.01 Å². The predicted octanol–water partition coefficient (Wildman–Crippen LogP) is 4.30. The van der Waals surface area contributed by atoms with E-state index in [0.717, 1.165) is 85.4 Å². The van der Waals surface area contributed by atoms with E-state index in [-0.39, 0.29) is 11.3 Å². The molecule has 5 heterocycles. The summed E-state index contributed by atoms with van der Waals surface area (Å²) in [5, 5.41) is 16.5. The summed E-state index contributed by atoms with van der Waals surface area (Å²) in [5.41, 5.74) is 2.69. The van der Waals surface area contributed by atoms with Crippen molar-refractivity contribution in [2.45, 2.75) is 56.4 Å². The summed E-state index contributed by atoms with van der Waals surface area (Å²) in [6.07, 6.45) is 3.54. The minimum Gasteiger partial charge on any atom is -0.508 e. The fourth-order valence-corrected chi connectivity index (χ4v) is 7.61. The second-order valence-electron chi connectivity index (χ2n) is 11.9. The van der Waals surface area contributed by atoms with Crippen LogP contribution in [0.2, 0.25) is 5.02 Å². The molecule has 3 fully saturated rings. The summed E-state index contributed by atoms with van der Waals surface area (Å²) in [7, 11) is 2.11. The Morgan fingerprint density at radius 2 is 2.17 bits per heavy atom. The summed E-state index contributed by atoms with van der Waals surface area (Å²) in [6, 6.07) is 10.00. The van der Waals surface area contributed by atoms with E-state index in [2.05, 4.69) is 27.1 Å². The van der Waals surface area contributed by atoms with Crippen molar-refractivity contribution >= 4 is 33.9 Å². The molecule has 0 aliphatic carbocycles. The number of hydrogen-bond donors (Lipinski definition) is 2. The molecule has 0 spiro atoms. The smallest absolute Gasteiger partial charge is 0.318 e. The van der Waals surface area contributed by atoms with E-state index < -0.39 is 6.17 Å². The molecule has 4 aliphatic heterocycles. The molecule has 0 amide bonds. The second-order valence-corrected chi connectivity index (χ2v) is 12.3. The molecule has 212 valence electrons. The van der Waals surface area contributed by atoms with E-state index in [0.29, 0.717) is 43.2 Å². The van der Waals surface area contributed by atoms with Gasteiger partial charge in [-0.15, -0.1) is 0 Å². The summed E-state index contributed by atoms with van der Waals surface area (Å²) in [4.78, 5) is 16.7. The highest BCUT2D eigenvalue weighted by Crippen LogP contribution is 2.42. The largest absolute Gasteiger partial charge is 0.508 e. The second kappa shape index (κ2) is 10.2. The Hall–Kier alpha value is -2.88. The molecule has 10 heteroatoms. The molecule has 0 unspecified atom stereocenters. The summed E-state index contributed by atoms with van der Waals surface area (Å²) >= 11 is 6.66. The van der Waals surface area contributed by atoms with E-state index >= 15 is 0 Å². The Labute approximate surface area is 239 Å². The van der Waals surface area contributed by atoms with E-state index in [1.807, 2.05) is 18.2 Å². The minimum atomic E-state index is -0.803. The average molecular weight is 567 g/mol. The normalized spacial score (nSPS) is 26.3. The quantitative estimate of drug-likeness (QED) is 0.457. The number of phenolic OH excluding ortho intramolecular Hbond substituents is 1. The fraction of sp³-hybridized carbons (Fsp3) is 0.533. The van der Waals surface area contributed by atoms with E-state index in [4.69, 9.17) is 26.3 Å². The number of nitrogens with zero attached hydrogens (tertiary/aromatic N) is 5. The highest BCUT2D eigenvalue weighted by atomic mass is 35.5. The van der Waals surface area contributed by atoms with Crippen LogP contribution in [0.15, 0.2) is 30.3 Å². The topological polar surface area (TPSA) is 77.0 Å². The number of fused-ring (bicyclic) bond motifs is 3. The van der Waals surface area contributed by atoms with Crippen LogP contribution >= 0.6 is 11.6 Å². The molecule has 0 radical (unpaired) electrons. The van der Waals surface area contributed by atoms with Crippen LogP contribution in [0.3, 0.4) is 0 Å². The molecule has 4 aliphatic rings. The van der Waals surface area contributed by atoms with Crippen molar-refractivity contribution in [3.8, 4) is 11.8 Å². The molecule has 8 nitrogen and oxygen atoms in total. The highest BCUT2D eigenvalue weighted by molar-refractivity contribution is 6.36. The van der Waals surface area contributed by atoms with Gasteiger partial charge in [-0.3, -0.25) is 4.90 Å². The zero-order valence-electron chi connectivity index (χ0n) is 22.9. The maximum Gasteiger partial charge on any atom is 0.318 e. The lowest BCUT2D eigenvalue weighted by Crippen LogP contribution is -2.43. The number of ether oxygens (including phenoxy) is 1. The molecule has 0 saturated carbocycles. The van der Waals surface area contributed by atoms with E-state index in [9.17, 15) is 9.50 Å². The van der Waals surface area contributed by atoms with Crippen LogP contribution in [0.4, 0.5) is 15.9 Å². The lowest BCUT2D eigenvalue weighted by atomic mass is 9.95. The molecular formula is C30H36ClFN6O2. The molecule has 2 N–H and O–H groups in total. The first kappa shape index (κ1) is 26.0. The number of hydrogen-bond acceptors (Lipinski definition) is 8. The Morgan fingerprint density at radius 1 is 1.27 bits per heavy atom. The van der Waals surface area contributed by atoms with Gasteiger partial charge in [0.1, 0.15) is 24.3 Å². The molecule has 0 bridgehead atoms. The Balaban J connectivity index is 1.24. The monoisotopic (exact) mass is 566 g/mol. The average Bonchev–Trinajstić information content (AvgIpc) is 3.67. The van der Waals surface area contributed by atoms with Crippen LogP contribution < -0.4 is 19.9 Å². The SMILES string of the molecule is CN(c1nc(OC[C@@]23CCCN2C[C@H](F)C3)nc2c1CCN(c1cc(O)cc3cccc(Cl)c13)C2)[C@@H]1CCNC1. The van der Waals surface area contributed by atoms with Crippen LogP contribution in [-0.2, 0) is 13.0 Å². The first-order valence-corrected chi connectivity index (χ1v) is 14.8. The van der Waals surface area contributed by atoms with Crippen LogP contribution in [0.1, 0.15) is 36.9 Å². The van der Waals surface area contributed by atoms with Gasteiger partial charge in [0, 0.05) is 56.2 Å². The number of likely N-dealkylation sites (N-methyl/N-ethyl adjacent to an activating group) is 1. The number of nitrogens with one attached hydrogen (secondary N) is 1. The number of rotatable bonds is 6. The van der Waals surface area contributed by atoms with Crippen molar-refractivity contribution in [2.75, 3.05) is 56.2 Å². The summed E-state index contributed by atoms with van der Waals surface area (Å²) in [5.74, 6) is 1.13.